The third-order valence-electron chi connectivity index (χ3n) is 4.49. The molecule has 0 spiro atoms. The van der Waals surface area contributed by atoms with E-state index in [-0.39, 0.29) is 5.91 Å². The summed E-state index contributed by atoms with van der Waals surface area (Å²) in [5, 5.41) is 3.07. The highest BCUT2D eigenvalue weighted by atomic mass is 79.9. The molecule has 1 aromatic carbocycles. The van der Waals surface area contributed by atoms with Crippen LogP contribution >= 0.6 is 15.9 Å². The van der Waals surface area contributed by atoms with Crippen LogP contribution in [0, 0.1) is 5.92 Å². The molecule has 1 fully saturated rings. The van der Waals surface area contributed by atoms with Crippen LogP contribution in [0.3, 0.4) is 0 Å². The summed E-state index contributed by atoms with van der Waals surface area (Å²) in [6, 6.07) is 13.6. The molecule has 0 atom stereocenters. The molecule has 2 heterocycles. The lowest BCUT2D eigenvalue weighted by Gasteiger charge is -2.31. The van der Waals surface area contributed by atoms with Gasteiger partial charge in [-0.1, -0.05) is 18.2 Å². The molecule has 5 heteroatoms. The van der Waals surface area contributed by atoms with Crippen molar-refractivity contribution in [3.63, 3.8) is 0 Å². The van der Waals surface area contributed by atoms with Gasteiger partial charge < -0.3 is 5.32 Å². The Morgan fingerprint density at radius 1 is 1.17 bits per heavy atom. The third-order valence-corrected chi connectivity index (χ3v) is 5.18. The second-order valence-corrected chi connectivity index (χ2v) is 7.08. The summed E-state index contributed by atoms with van der Waals surface area (Å²) >= 11 is 3.43. The summed E-state index contributed by atoms with van der Waals surface area (Å²) in [5.41, 5.74) is 1.82. The van der Waals surface area contributed by atoms with Crippen molar-refractivity contribution in [2.45, 2.75) is 19.4 Å². The molecule has 0 saturated carbocycles. The molecule has 1 aromatic heterocycles. The van der Waals surface area contributed by atoms with E-state index in [1.165, 1.54) is 0 Å². The summed E-state index contributed by atoms with van der Waals surface area (Å²) in [7, 11) is 0. The average Bonchev–Trinajstić information content (AvgIpc) is 2.62. The van der Waals surface area contributed by atoms with Gasteiger partial charge in [0.1, 0.15) is 0 Å². The number of aromatic nitrogens is 1. The number of halogens is 1. The van der Waals surface area contributed by atoms with Gasteiger partial charge in [0.2, 0.25) is 0 Å². The summed E-state index contributed by atoms with van der Waals surface area (Å²) in [4.78, 5) is 19.1. The maximum atomic E-state index is 12.3. The number of carbonyl (C=O) groups excluding carboxylic acids is 1. The number of benzene rings is 1. The molecular weight excluding hydrogens is 366 g/mol. The number of hydrogen-bond acceptors (Lipinski definition) is 3. The molecule has 2 aromatic rings. The van der Waals surface area contributed by atoms with E-state index in [4.69, 9.17) is 0 Å². The Kier molecular flexibility index (Phi) is 5.99. The minimum atomic E-state index is -0.00149. The van der Waals surface area contributed by atoms with Gasteiger partial charge >= 0.3 is 0 Å². The second kappa shape index (κ2) is 8.40. The van der Waals surface area contributed by atoms with E-state index in [1.807, 2.05) is 42.6 Å². The Hall–Kier alpha value is -1.72. The second-order valence-electron chi connectivity index (χ2n) is 6.23. The van der Waals surface area contributed by atoms with Crippen LogP contribution in [-0.2, 0) is 6.54 Å². The number of carbonyl (C=O) groups is 1. The maximum Gasteiger partial charge on any atom is 0.252 e. The monoisotopic (exact) mass is 387 g/mol. The molecule has 0 aliphatic carbocycles. The smallest absolute Gasteiger partial charge is 0.252 e. The number of piperidine rings is 1. The lowest BCUT2D eigenvalue weighted by Crippen LogP contribution is -2.38. The van der Waals surface area contributed by atoms with Crippen molar-refractivity contribution in [2.24, 2.45) is 5.92 Å². The normalized spacial score (nSPS) is 16.0. The van der Waals surface area contributed by atoms with Gasteiger partial charge in [-0.2, -0.15) is 0 Å². The van der Waals surface area contributed by atoms with E-state index in [0.29, 0.717) is 11.5 Å². The summed E-state index contributed by atoms with van der Waals surface area (Å²) in [6.07, 6.45) is 4.07. The van der Waals surface area contributed by atoms with Crippen LogP contribution in [0.4, 0.5) is 0 Å². The van der Waals surface area contributed by atoms with Gasteiger partial charge in [0.15, 0.2) is 0 Å². The van der Waals surface area contributed by atoms with Crippen molar-refractivity contribution in [3.05, 3.63) is 64.4 Å². The fraction of sp³-hybridized carbons (Fsp3) is 0.368. The Morgan fingerprint density at radius 2 is 1.92 bits per heavy atom. The molecular formula is C19H22BrN3O. The number of nitrogens with zero attached hydrogens (tertiary/aromatic N) is 2. The fourth-order valence-corrected chi connectivity index (χ4v) is 3.51. The first kappa shape index (κ1) is 17.1. The minimum absolute atomic E-state index is 0.00149. The number of pyridine rings is 1. The molecule has 3 rings (SSSR count). The van der Waals surface area contributed by atoms with Gasteiger partial charge in [0.25, 0.3) is 5.91 Å². The zero-order chi connectivity index (χ0) is 16.8. The molecule has 1 amide bonds. The Labute approximate surface area is 151 Å². The largest absolute Gasteiger partial charge is 0.352 e. The van der Waals surface area contributed by atoms with E-state index in [0.717, 1.165) is 49.2 Å². The fourth-order valence-electron chi connectivity index (χ4n) is 3.05. The van der Waals surface area contributed by atoms with Crippen LogP contribution in [0.5, 0.6) is 0 Å². The van der Waals surface area contributed by atoms with E-state index in [9.17, 15) is 4.79 Å². The van der Waals surface area contributed by atoms with Crippen LogP contribution < -0.4 is 5.32 Å². The highest BCUT2D eigenvalue weighted by molar-refractivity contribution is 9.10. The van der Waals surface area contributed by atoms with Crippen molar-refractivity contribution < 1.29 is 4.79 Å². The van der Waals surface area contributed by atoms with Gasteiger partial charge in [-0.3, -0.25) is 14.7 Å². The first-order valence-electron chi connectivity index (χ1n) is 8.37. The maximum absolute atomic E-state index is 12.3. The molecule has 0 radical (unpaired) electrons. The molecule has 126 valence electrons. The Balaban J connectivity index is 1.43. The van der Waals surface area contributed by atoms with Crippen molar-refractivity contribution >= 4 is 21.8 Å². The van der Waals surface area contributed by atoms with Crippen molar-refractivity contribution in [1.82, 2.24) is 15.2 Å². The first-order chi connectivity index (χ1) is 11.7. The van der Waals surface area contributed by atoms with Gasteiger partial charge in [0, 0.05) is 23.8 Å². The third kappa shape index (κ3) is 4.65. The van der Waals surface area contributed by atoms with Gasteiger partial charge in [-0.15, -0.1) is 0 Å². The lowest BCUT2D eigenvalue weighted by molar-refractivity contribution is 0.0934. The van der Waals surface area contributed by atoms with Gasteiger partial charge in [0.05, 0.1) is 11.3 Å². The summed E-state index contributed by atoms with van der Waals surface area (Å²) in [5.74, 6) is 0.551. The van der Waals surface area contributed by atoms with Crippen molar-refractivity contribution in [2.75, 3.05) is 19.6 Å². The van der Waals surface area contributed by atoms with Crippen molar-refractivity contribution in [3.8, 4) is 0 Å². The van der Waals surface area contributed by atoms with Gasteiger partial charge in [-0.05, 0) is 72.0 Å². The number of likely N-dealkylation sites (tertiary alicyclic amines) is 1. The SMILES string of the molecule is O=C(NCC1CCN(Cc2ccccn2)CC1)c1ccccc1Br. The number of amides is 1. The predicted octanol–water partition coefficient (Wildman–Crippen LogP) is 3.49. The van der Waals surface area contributed by atoms with E-state index in [2.05, 4.69) is 37.2 Å². The molecule has 24 heavy (non-hydrogen) atoms. The highest BCUT2D eigenvalue weighted by Gasteiger charge is 2.20. The molecule has 1 aliphatic heterocycles. The molecule has 0 bridgehead atoms. The van der Waals surface area contributed by atoms with Crippen molar-refractivity contribution in [1.29, 1.82) is 0 Å². The molecule has 1 saturated heterocycles. The highest BCUT2D eigenvalue weighted by Crippen LogP contribution is 2.19. The van der Waals surface area contributed by atoms with Gasteiger partial charge in [-0.25, -0.2) is 0 Å². The number of nitrogens with one attached hydrogen (secondary N) is 1. The lowest BCUT2D eigenvalue weighted by atomic mass is 9.96. The molecule has 1 N–H and O–H groups in total. The predicted molar refractivity (Wildman–Crippen MR) is 98.7 cm³/mol. The van der Waals surface area contributed by atoms with E-state index >= 15 is 0 Å². The Morgan fingerprint density at radius 3 is 2.62 bits per heavy atom. The molecule has 1 aliphatic rings. The van der Waals surface area contributed by atoms with Crippen LogP contribution in [0.1, 0.15) is 28.9 Å². The van der Waals surface area contributed by atoms with E-state index < -0.39 is 0 Å². The van der Waals surface area contributed by atoms with Crippen LogP contribution in [0.15, 0.2) is 53.1 Å². The zero-order valence-corrected chi connectivity index (χ0v) is 15.2. The van der Waals surface area contributed by atoms with Crippen LogP contribution in [0.2, 0.25) is 0 Å². The molecule has 0 unspecified atom stereocenters. The Bertz CT molecular complexity index is 669. The van der Waals surface area contributed by atoms with Crippen LogP contribution in [0.25, 0.3) is 0 Å². The number of rotatable bonds is 5. The zero-order valence-electron chi connectivity index (χ0n) is 13.6. The minimum Gasteiger partial charge on any atom is -0.352 e. The van der Waals surface area contributed by atoms with Crippen LogP contribution in [-0.4, -0.2) is 35.4 Å². The van der Waals surface area contributed by atoms with E-state index in [1.54, 1.807) is 0 Å². The topological polar surface area (TPSA) is 45.2 Å². The number of hydrogen-bond donors (Lipinski definition) is 1. The quantitative estimate of drug-likeness (QED) is 0.853. The average molecular weight is 388 g/mol. The molecule has 4 nitrogen and oxygen atoms in total. The standard InChI is InChI=1S/C19H22BrN3O/c20-18-7-2-1-6-17(18)19(24)22-13-15-8-11-23(12-9-15)14-16-5-3-4-10-21-16/h1-7,10,15H,8-9,11-14H2,(H,22,24). The summed E-state index contributed by atoms with van der Waals surface area (Å²) < 4.78 is 0.840. The summed E-state index contributed by atoms with van der Waals surface area (Å²) in [6.45, 7) is 3.78. The first-order valence-corrected chi connectivity index (χ1v) is 9.16.